The summed E-state index contributed by atoms with van der Waals surface area (Å²) >= 11 is 0. The molecule has 0 heterocycles. The molecule has 2 aliphatic carbocycles. The summed E-state index contributed by atoms with van der Waals surface area (Å²) in [6, 6.07) is 7.76. The minimum absolute atomic E-state index is 0.0297. The summed E-state index contributed by atoms with van der Waals surface area (Å²) < 4.78 is 77.3. The predicted octanol–water partition coefficient (Wildman–Crippen LogP) is 11.3. The van der Waals surface area contributed by atoms with E-state index in [1.54, 1.807) is 12.1 Å². The fourth-order valence-electron chi connectivity index (χ4n) is 6.59. The van der Waals surface area contributed by atoms with Gasteiger partial charge in [0, 0.05) is 5.56 Å². The van der Waals surface area contributed by atoms with Crippen LogP contribution in [0.1, 0.15) is 114 Å². The standard InChI is InChI=1S/C35H45F5O/c1-2-3-4-5-6-7-8-27-23-32(37)34(33(38)24-27)28-15-11-25(12-16-28)9-10-26-13-17-29(18-14-26)35(39,40)41-31-21-19-30(36)20-22-31/h9-10,19-26,28-29H,2-8,11-18H2,1H3/b10-9+. The number of allylic oxidation sites excluding steroid dienone is 2. The molecular formula is C35H45F5O. The smallest absolute Gasteiger partial charge is 0.400 e. The summed E-state index contributed by atoms with van der Waals surface area (Å²) in [5.41, 5.74) is 1.01. The molecule has 2 saturated carbocycles. The van der Waals surface area contributed by atoms with E-state index in [0.717, 1.165) is 62.6 Å². The van der Waals surface area contributed by atoms with E-state index in [0.29, 0.717) is 31.6 Å². The lowest BCUT2D eigenvalue weighted by atomic mass is 9.76. The highest BCUT2D eigenvalue weighted by Crippen LogP contribution is 2.42. The maximum atomic E-state index is 15.0. The van der Waals surface area contributed by atoms with Gasteiger partial charge in [0.1, 0.15) is 23.2 Å². The lowest BCUT2D eigenvalue weighted by molar-refractivity contribution is -0.223. The predicted molar refractivity (Wildman–Crippen MR) is 155 cm³/mol. The topological polar surface area (TPSA) is 9.23 Å². The number of ether oxygens (including phenoxy) is 1. The maximum absolute atomic E-state index is 15.0. The number of aryl methyl sites for hydroxylation is 1. The Morgan fingerprint density at radius 3 is 1.85 bits per heavy atom. The van der Waals surface area contributed by atoms with Crippen LogP contribution in [0.3, 0.4) is 0 Å². The van der Waals surface area contributed by atoms with Gasteiger partial charge < -0.3 is 4.74 Å². The quantitative estimate of drug-likeness (QED) is 0.131. The monoisotopic (exact) mass is 576 g/mol. The van der Waals surface area contributed by atoms with Crippen molar-refractivity contribution in [2.45, 2.75) is 115 Å². The third-order valence-electron chi connectivity index (χ3n) is 9.11. The van der Waals surface area contributed by atoms with Gasteiger partial charge in [-0.2, -0.15) is 8.78 Å². The molecule has 0 bridgehead atoms. The lowest BCUT2D eigenvalue weighted by Gasteiger charge is -2.32. The van der Waals surface area contributed by atoms with Crippen LogP contribution in [-0.2, 0) is 6.42 Å². The van der Waals surface area contributed by atoms with E-state index in [1.807, 2.05) is 0 Å². The maximum Gasteiger partial charge on any atom is 0.400 e. The van der Waals surface area contributed by atoms with Crippen LogP contribution >= 0.6 is 0 Å². The van der Waals surface area contributed by atoms with Crippen LogP contribution in [0.2, 0.25) is 0 Å². The second kappa shape index (κ2) is 15.2. The number of benzene rings is 2. The largest absolute Gasteiger partial charge is 0.432 e. The zero-order valence-electron chi connectivity index (χ0n) is 24.3. The molecule has 2 aliphatic rings. The van der Waals surface area contributed by atoms with Crippen LogP contribution in [0, 0.1) is 35.2 Å². The SMILES string of the molecule is CCCCCCCCc1cc(F)c(C2CCC(/C=C/C3CCC(C(F)(F)Oc4ccc(F)cc4)CC3)CC2)c(F)c1. The molecule has 0 aliphatic heterocycles. The normalized spacial score (nSPS) is 23.7. The first-order valence-electron chi connectivity index (χ1n) is 15.7. The van der Waals surface area contributed by atoms with Gasteiger partial charge in [-0.05, 0) is 124 Å². The number of hydrogen-bond donors (Lipinski definition) is 0. The summed E-state index contributed by atoms with van der Waals surface area (Å²) in [5, 5.41) is 0. The van der Waals surface area contributed by atoms with Crippen LogP contribution in [-0.4, -0.2) is 6.11 Å². The van der Waals surface area contributed by atoms with Crippen molar-refractivity contribution in [1.29, 1.82) is 0 Å². The molecule has 226 valence electrons. The molecule has 6 heteroatoms. The first-order chi connectivity index (χ1) is 19.7. The van der Waals surface area contributed by atoms with Crippen LogP contribution in [0.25, 0.3) is 0 Å². The zero-order chi connectivity index (χ0) is 29.2. The number of hydrogen-bond acceptors (Lipinski definition) is 1. The van der Waals surface area contributed by atoms with Crippen molar-refractivity contribution in [3.05, 3.63) is 77.1 Å². The van der Waals surface area contributed by atoms with Gasteiger partial charge in [-0.15, -0.1) is 0 Å². The molecule has 41 heavy (non-hydrogen) atoms. The summed E-state index contributed by atoms with van der Waals surface area (Å²) in [6.07, 6.45) is 14.0. The molecule has 0 spiro atoms. The molecule has 2 aromatic carbocycles. The molecule has 0 radical (unpaired) electrons. The van der Waals surface area contributed by atoms with E-state index in [1.165, 1.54) is 37.8 Å². The second-order valence-corrected chi connectivity index (χ2v) is 12.2. The average Bonchev–Trinajstić information content (AvgIpc) is 2.95. The van der Waals surface area contributed by atoms with Crippen molar-refractivity contribution in [1.82, 2.24) is 0 Å². The minimum Gasteiger partial charge on any atom is -0.432 e. The van der Waals surface area contributed by atoms with Crippen molar-refractivity contribution in [3.8, 4) is 5.75 Å². The summed E-state index contributed by atoms with van der Waals surface area (Å²) in [6.45, 7) is 2.19. The van der Waals surface area contributed by atoms with Gasteiger partial charge in [-0.1, -0.05) is 51.2 Å². The fraction of sp³-hybridized carbons (Fsp3) is 0.600. The Kier molecular flexibility index (Phi) is 11.7. The van der Waals surface area contributed by atoms with E-state index in [-0.39, 0.29) is 23.1 Å². The van der Waals surface area contributed by atoms with E-state index in [2.05, 4.69) is 19.1 Å². The van der Waals surface area contributed by atoms with Gasteiger partial charge in [-0.3, -0.25) is 0 Å². The van der Waals surface area contributed by atoms with E-state index >= 15 is 0 Å². The summed E-state index contributed by atoms with van der Waals surface area (Å²) in [4.78, 5) is 0. The van der Waals surface area contributed by atoms with Gasteiger partial charge in [0.25, 0.3) is 0 Å². The molecule has 4 rings (SSSR count). The molecule has 0 atom stereocenters. The first-order valence-corrected chi connectivity index (χ1v) is 15.7. The number of rotatable bonds is 13. The highest BCUT2D eigenvalue weighted by Gasteiger charge is 2.43. The Hall–Kier alpha value is -2.37. The van der Waals surface area contributed by atoms with Crippen LogP contribution in [0.4, 0.5) is 22.0 Å². The lowest BCUT2D eigenvalue weighted by Crippen LogP contribution is -2.37. The average molecular weight is 577 g/mol. The highest BCUT2D eigenvalue weighted by molar-refractivity contribution is 5.30. The number of alkyl halides is 2. The molecule has 0 N–H and O–H groups in total. The van der Waals surface area contributed by atoms with Gasteiger partial charge in [0.05, 0.1) is 5.92 Å². The fourth-order valence-corrected chi connectivity index (χ4v) is 6.59. The van der Waals surface area contributed by atoms with E-state index in [4.69, 9.17) is 4.74 Å². The van der Waals surface area contributed by atoms with Crippen molar-refractivity contribution in [2.24, 2.45) is 17.8 Å². The Morgan fingerprint density at radius 1 is 0.732 bits per heavy atom. The highest BCUT2D eigenvalue weighted by atomic mass is 19.3. The van der Waals surface area contributed by atoms with Gasteiger partial charge in [0.2, 0.25) is 0 Å². The van der Waals surface area contributed by atoms with Crippen molar-refractivity contribution in [3.63, 3.8) is 0 Å². The van der Waals surface area contributed by atoms with E-state index in [9.17, 15) is 22.0 Å². The molecule has 0 unspecified atom stereocenters. The molecule has 0 aromatic heterocycles. The second-order valence-electron chi connectivity index (χ2n) is 12.2. The Balaban J connectivity index is 1.20. The third-order valence-corrected chi connectivity index (χ3v) is 9.11. The van der Waals surface area contributed by atoms with Crippen molar-refractivity contribution >= 4 is 0 Å². The minimum atomic E-state index is -3.29. The van der Waals surface area contributed by atoms with Gasteiger partial charge in [-0.25, -0.2) is 13.2 Å². The summed E-state index contributed by atoms with van der Waals surface area (Å²) in [7, 11) is 0. The third kappa shape index (κ3) is 9.31. The van der Waals surface area contributed by atoms with Crippen LogP contribution in [0.5, 0.6) is 5.75 Å². The van der Waals surface area contributed by atoms with E-state index < -0.39 is 29.5 Å². The molecule has 2 aromatic rings. The molecule has 1 nitrogen and oxygen atoms in total. The van der Waals surface area contributed by atoms with Crippen molar-refractivity contribution < 1.29 is 26.7 Å². The zero-order valence-corrected chi connectivity index (χ0v) is 24.3. The Bertz CT molecular complexity index is 1070. The van der Waals surface area contributed by atoms with Crippen LogP contribution < -0.4 is 4.74 Å². The van der Waals surface area contributed by atoms with Crippen LogP contribution in [0.15, 0.2) is 48.6 Å². The number of unbranched alkanes of at least 4 members (excludes halogenated alkanes) is 5. The van der Waals surface area contributed by atoms with Gasteiger partial charge >= 0.3 is 6.11 Å². The molecule has 0 amide bonds. The molecular weight excluding hydrogens is 531 g/mol. The first kappa shape index (κ1) is 31.6. The number of halogens is 5. The van der Waals surface area contributed by atoms with Gasteiger partial charge in [0.15, 0.2) is 0 Å². The summed E-state index contributed by atoms with van der Waals surface area (Å²) in [5.74, 6) is -1.68. The molecule has 2 fully saturated rings. The Morgan fingerprint density at radius 2 is 1.27 bits per heavy atom. The molecule has 0 saturated heterocycles. The Labute approximate surface area is 242 Å². The van der Waals surface area contributed by atoms with Crippen molar-refractivity contribution in [2.75, 3.05) is 0 Å².